The van der Waals surface area contributed by atoms with E-state index in [2.05, 4.69) is 11.8 Å². The molecule has 83 valence electrons. The maximum atomic E-state index is 11.1. The van der Waals surface area contributed by atoms with E-state index in [1.54, 1.807) is 0 Å². The lowest BCUT2D eigenvalue weighted by molar-refractivity contribution is -0.394. The molecule has 8 heteroatoms. The molecule has 0 aliphatic rings. The summed E-state index contributed by atoms with van der Waals surface area (Å²) in [4.78, 5) is 30.3. The standard InChI is InChI=1S/C8H5N2O6/c1-16-8(11)6-3-2-5(9(12)13)4-7(6)10(14)15/h2-4H,1H2. The maximum absolute atomic E-state index is 11.1. The molecule has 0 fully saturated rings. The Kier molecular flexibility index (Phi) is 3.14. The highest BCUT2D eigenvalue weighted by Gasteiger charge is 2.24. The van der Waals surface area contributed by atoms with Crippen LogP contribution >= 0.6 is 0 Å². The highest BCUT2D eigenvalue weighted by molar-refractivity contribution is 5.94. The van der Waals surface area contributed by atoms with E-state index in [1.165, 1.54) is 0 Å². The summed E-state index contributed by atoms with van der Waals surface area (Å²) in [6, 6.07) is 2.61. The van der Waals surface area contributed by atoms with E-state index in [9.17, 15) is 25.0 Å². The fraction of sp³-hybridized carbons (Fsp3) is 0. The molecule has 0 amide bonds. The summed E-state index contributed by atoms with van der Waals surface area (Å²) in [6.07, 6.45) is 0. The summed E-state index contributed by atoms with van der Waals surface area (Å²) in [5, 5.41) is 21.0. The first kappa shape index (κ1) is 11.6. The van der Waals surface area contributed by atoms with Crippen LogP contribution in [-0.2, 0) is 4.74 Å². The second-order valence-corrected chi connectivity index (χ2v) is 2.65. The number of hydrogen-bond acceptors (Lipinski definition) is 6. The second kappa shape index (κ2) is 4.34. The quantitative estimate of drug-likeness (QED) is 0.437. The first-order valence-electron chi connectivity index (χ1n) is 3.86. The van der Waals surface area contributed by atoms with Gasteiger partial charge in [-0.1, -0.05) is 0 Å². The average Bonchev–Trinajstić information content (AvgIpc) is 2.26. The Balaban J connectivity index is 3.36. The fourth-order valence-electron chi connectivity index (χ4n) is 1.04. The number of benzene rings is 1. The number of ether oxygens (including phenoxy) is 1. The molecule has 0 saturated heterocycles. The Hall–Kier alpha value is -2.51. The Morgan fingerprint density at radius 3 is 2.31 bits per heavy atom. The van der Waals surface area contributed by atoms with Crippen LogP contribution in [0.4, 0.5) is 11.4 Å². The van der Waals surface area contributed by atoms with Crippen LogP contribution < -0.4 is 0 Å². The normalized spacial score (nSPS) is 9.56. The molecule has 0 bridgehead atoms. The smallest absolute Gasteiger partial charge is 0.345 e. The van der Waals surface area contributed by atoms with Gasteiger partial charge < -0.3 is 4.74 Å². The Bertz CT molecular complexity index is 470. The van der Waals surface area contributed by atoms with Gasteiger partial charge in [0.2, 0.25) is 0 Å². The van der Waals surface area contributed by atoms with E-state index in [0.29, 0.717) is 6.07 Å². The number of carbonyl (C=O) groups excluding carboxylic acids is 1. The summed E-state index contributed by atoms with van der Waals surface area (Å²) < 4.78 is 4.06. The largest absolute Gasteiger partial charge is 0.458 e. The van der Waals surface area contributed by atoms with Gasteiger partial charge in [0.25, 0.3) is 11.4 Å². The van der Waals surface area contributed by atoms with E-state index in [4.69, 9.17) is 0 Å². The van der Waals surface area contributed by atoms with Crippen LogP contribution in [0.15, 0.2) is 18.2 Å². The molecule has 0 aromatic heterocycles. The van der Waals surface area contributed by atoms with Gasteiger partial charge in [0.15, 0.2) is 0 Å². The van der Waals surface area contributed by atoms with Crippen molar-refractivity contribution < 1.29 is 19.4 Å². The predicted molar refractivity (Wildman–Crippen MR) is 50.5 cm³/mol. The molecule has 1 radical (unpaired) electrons. The van der Waals surface area contributed by atoms with Gasteiger partial charge in [0, 0.05) is 6.07 Å². The molecule has 0 aliphatic carbocycles. The molecular formula is C8H5N2O6. The molecular weight excluding hydrogens is 220 g/mol. The van der Waals surface area contributed by atoms with Gasteiger partial charge in [0.05, 0.1) is 15.9 Å². The van der Waals surface area contributed by atoms with E-state index < -0.39 is 27.2 Å². The summed E-state index contributed by atoms with van der Waals surface area (Å²) in [6.45, 7) is 0. The minimum absolute atomic E-state index is 0.384. The molecule has 0 unspecified atom stereocenters. The molecule has 16 heavy (non-hydrogen) atoms. The summed E-state index contributed by atoms with van der Waals surface area (Å²) in [5.74, 6) is -1.03. The lowest BCUT2D eigenvalue weighted by Crippen LogP contribution is -2.05. The van der Waals surface area contributed by atoms with E-state index >= 15 is 0 Å². The molecule has 0 N–H and O–H groups in total. The van der Waals surface area contributed by atoms with Gasteiger partial charge in [-0.2, -0.15) is 0 Å². The molecule has 0 aliphatic heterocycles. The molecule has 8 nitrogen and oxygen atoms in total. The highest BCUT2D eigenvalue weighted by Crippen LogP contribution is 2.25. The van der Waals surface area contributed by atoms with Crippen molar-refractivity contribution in [1.82, 2.24) is 0 Å². The number of nitro benzene ring substituents is 2. The van der Waals surface area contributed by atoms with Crippen LogP contribution in [0.5, 0.6) is 0 Å². The van der Waals surface area contributed by atoms with Crippen LogP contribution in [0.1, 0.15) is 10.4 Å². The monoisotopic (exact) mass is 225 g/mol. The van der Waals surface area contributed by atoms with Gasteiger partial charge in [-0.25, -0.2) is 4.79 Å². The average molecular weight is 225 g/mol. The SMILES string of the molecule is [CH2]OC(=O)c1ccc([N+](=O)[O-])cc1[N+](=O)[O-]. The van der Waals surface area contributed by atoms with E-state index in [0.717, 1.165) is 12.1 Å². The van der Waals surface area contributed by atoms with Crippen molar-refractivity contribution >= 4 is 17.3 Å². The molecule has 0 saturated carbocycles. The number of rotatable bonds is 3. The van der Waals surface area contributed by atoms with Crippen LogP contribution in [0.2, 0.25) is 0 Å². The van der Waals surface area contributed by atoms with Gasteiger partial charge in [0.1, 0.15) is 12.7 Å². The number of esters is 1. The van der Waals surface area contributed by atoms with Crippen LogP contribution in [0.3, 0.4) is 0 Å². The van der Waals surface area contributed by atoms with Crippen molar-refractivity contribution in [3.8, 4) is 0 Å². The minimum atomic E-state index is -1.03. The zero-order valence-electron chi connectivity index (χ0n) is 7.78. The predicted octanol–water partition coefficient (Wildman–Crippen LogP) is 1.45. The lowest BCUT2D eigenvalue weighted by atomic mass is 10.1. The number of nitrogens with zero attached hydrogens (tertiary/aromatic N) is 2. The molecule has 0 atom stereocenters. The fourth-order valence-corrected chi connectivity index (χ4v) is 1.04. The van der Waals surface area contributed by atoms with Crippen molar-refractivity contribution in [2.24, 2.45) is 0 Å². The number of hydrogen-bond donors (Lipinski definition) is 0. The van der Waals surface area contributed by atoms with Crippen molar-refractivity contribution in [2.75, 3.05) is 0 Å². The molecule has 0 heterocycles. The van der Waals surface area contributed by atoms with Crippen LogP contribution in [-0.4, -0.2) is 15.8 Å². The zero-order valence-corrected chi connectivity index (χ0v) is 7.78. The molecule has 1 aromatic carbocycles. The van der Waals surface area contributed by atoms with Gasteiger partial charge in [-0.05, 0) is 6.07 Å². The molecule has 1 aromatic rings. The van der Waals surface area contributed by atoms with E-state index in [1.807, 2.05) is 0 Å². The van der Waals surface area contributed by atoms with E-state index in [-0.39, 0.29) is 5.56 Å². The van der Waals surface area contributed by atoms with Gasteiger partial charge in [-0.3, -0.25) is 20.2 Å². The number of nitro groups is 2. The lowest BCUT2D eigenvalue weighted by Gasteiger charge is -2.00. The van der Waals surface area contributed by atoms with Crippen molar-refractivity contribution in [3.63, 3.8) is 0 Å². The summed E-state index contributed by atoms with van der Waals surface area (Å²) in [7, 11) is 2.81. The number of non-ortho nitro benzene ring substituents is 1. The third-order valence-electron chi connectivity index (χ3n) is 1.74. The molecule has 0 spiro atoms. The molecule has 1 rings (SSSR count). The van der Waals surface area contributed by atoms with Gasteiger partial charge >= 0.3 is 5.97 Å². The Labute approximate surface area is 88.7 Å². The maximum Gasteiger partial charge on any atom is 0.345 e. The zero-order chi connectivity index (χ0) is 12.3. The first-order chi connectivity index (χ1) is 7.47. The topological polar surface area (TPSA) is 113 Å². The Morgan fingerprint density at radius 1 is 1.25 bits per heavy atom. The third-order valence-corrected chi connectivity index (χ3v) is 1.74. The van der Waals surface area contributed by atoms with Crippen LogP contribution in [0.25, 0.3) is 0 Å². The second-order valence-electron chi connectivity index (χ2n) is 2.65. The van der Waals surface area contributed by atoms with Gasteiger partial charge in [-0.15, -0.1) is 0 Å². The van der Waals surface area contributed by atoms with Crippen molar-refractivity contribution in [2.45, 2.75) is 0 Å². The summed E-state index contributed by atoms with van der Waals surface area (Å²) in [5.41, 5.74) is -1.55. The minimum Gasteiger partial charge on any atom is -0.458 e. The van der Waals surface area contributed by atoms with Crippen molar-refractivity contribution in [3.05, 3.63) is 51.1 Å². The first-order valence-corrected chi connectivity index (χ1v) is 3.86. The Morgan fingerprint density at radius 2 is 1.88 bits per heavy atom. The number of carbonyl (C=O) groups is 1. The third kappa shape index (κ3) is 2.11. The van der Waals surface area contributed by atoms with Crippen LogP contribution in [0, 0.1) is 27.3 Å². The summed E-state index contributed by atoms with van der Waals surface area (Å²) >= 11 is 0. The van der Waals surface area contributed by atoms with Crippen molar-refractivity contribution in [1.29, 1.82) is 0 Å². The highest BCUT2D eigenvalue weighted by atomic mass is 16.6.